The molecule has 0 atom stereocenters. The number of ketones is 1. The first-order valence-corrected chi connectivity index (χ1v) is 23.5. The number of hydrogen-bond acceptors (Lipinski definition) is 7. The minimum atomic E-state index is -1.53. The average molecular weight is 1040 g/mol. The van der Waals surface area contributed by atoms with Gasteiger partial charge >= 0.3 is 63.6 Å². The standard InChI is InChI=1S/C19H18P.C11H19NO2.C10H17NO3.C6H11N.C4H9O.BrH.2ClH.K/c1-20(17-11-5-2-6-12-17,18-13-7-3-8-14-18)19-15-9-4-10-16-19;1-9-5-7-12(8-6-9)10(13)14-11(2,3)4;1-10(2,3)14-9(13)11-6-4-8(12)5-7-11;1-6-2-4-7-5-3-6;1-4(2,3)5;;;;/h2-16H,1H3;1,5-8H2,2-4H3;4-7H2,1-3H3;7H,1-5H2;1-3H3;3*1H;/q+1;;;;-1;;;;+1/p-1. The normalized spacial score (nSPS) is 14.9. The van der Waals surface area contributed by atoms with Gasteiger partial charge in [-0.2, -0.15) is 0 Å². The van der Waals surface area contributed by atoms with E-state index in [0.717, 1.165) is 39.0 Å². The van der Waals surface area contributed by atoms with E-state index in [9.17, 15) is 19.5 Å². The molecule has 3 fully saturated rings. The van der Waals surface area contributed by atoms with Crippen LogP contribution in [-0.4, -0.2) is 90.5 Å². The molecule has 0 unspecified atom stereocenters. The molecular weight excluding hydrogens is 959 g/mol. The summed E-state index contributed by atoms with van der Waals surface area (Å²) in [6, 6.07) is 32.6. The van der Waals surface area contributed by atoms with Crippen molar-refractivity contribution in [2.24, 2.45) is 0 Å². The van der Waals surface area contributed by atoms with E-state index in [2.05, 4.69) is 116 Å². The van der Waals surface area contributed by atoms with Gasteiger partial charge in [-0.25, -0.2) is 9.59 Å². The zero-order chi connectivity index (χ0) is 45.0. The number of ether oxygens (including phenoxy) is 2. The van der Waals surface area contributed by atoms with Crippen LogP contribution in [0.15, 0.2) is 115 Å². The van der Waals surface area contributed by atoms with Gasteiger partial charge in [0.2, 0.25) is 0 Å². The van der Waals surface area contributed by atoms with Gasteiger partial charge in [0, 0.05) is 39.0 Å². The van der Waals surface area contributed by atoms with Crippen LogP contribution < -0.4 is 94.7 Å². The average Bonchev–Trinajstić information content (AvgIpc) is 3.18. The molecule has 3 saturated heterocycles. The van der Waals surface area contributed by atoms with Gasteiger partial charge in [-0.05, 0) is 117 Å². The van der Waals surface area contributed by atoms with E-state index in [1.54, 1.807) is 30.6 Å². The Morgan fingerprint density at radius 2 is 0.844 bits per heavy atom. The second kappa shape index (κ2) is 33.0. The summed E-state index contributed by atoms with van der Waals surface area (Å²) in [5, 5.41) is 17.6. The molecule has 3 aromatic rings. The summed E-state index contributed by atoms with van der Waals surface area (Å²) in [6.45, 7) is 31.0. The maximum absolute atomic E-state index is 11.6. The van der Waals surface area contributed by atoms with E-state index in [0.29, 0.717) is 25.9 Å². The molecule has 9 nitrogen and oxygen atoms in total. The molecule has 3 aliphatic heterocycles. The first-order valence-electron chi connectivity index (χ1n) is 21.2. The van der Waals surface area contributed by atoms with Crippen molar-refractivity contribution in [1.29, 1.82) is 0 Å². The molecule has 14 heteroatoms. The summed E-state index contributed by atoms with van der Waals surface area (Å²) in [7, 11) is -1.53. The molecule has 1 N–H and O–H groups in total. The summed E-state index contributed by atoms with van der Waals surface area (Å²) < 4.78 is 10.5. The number of piperidine rings is 3. The molecule has 0 saturated carbocycles. The monoisotopic (exact) mass is 1030 g/mol. The van der Waals surface area contributed by atoms with Crippen LogP contribution in [0.3, 0.4) is 0 Å². The Hall–Kier alpha value is -1.60. The van der Waals surface area contributed by atoms with Crippen molar-refractivity contribution in [1.82, 2.24) is 15.1 Å². The molecule has 64 heavy (non-hydrogen) atoms. The van der Waals surface area contributed by atoms with Crippen LogP contribution in [0.25, 0.3) is 0 Å². The van der Waals surface area contributed by atoms with Crippen molar-refractivity contribution in [3.05, 3.63) is 115 Å². The smallest absolute Gasteiger partial charge is 1.00 e. The van der Waals surface area contributed by atoms with Crippen molar-refractivity contribution in [3.8, 4) is 0 Å². The third kappa shape index (κ3) is 28.5. The molecule has 3 aliphatic rings. The van der Waals surface area contributed by atoms with E-state index in [4.69, 9.17) is 9.47 Å². The molecule has 0 bridgehead atoms. The van der Waals surface area contributed by atoms with E-state index in [1.165, 1.54) is 39.9 Å². The zero-order valence-electron chi connectivity index (χ0n) is 40.5. The Morgan fingerprint density at radius 3 is 1.09 bits per heavy atom. The van der Waals surface area contributed by atoms with Crippen molar-refractivity contribution in [3.63, 3.8) is 0 Å². The van der Waals surface area contributed by atoms with E-state index < -0.39 is 24.1 Å². The van der Waals surface area contributed by atoms with Gasteiger partial charge in [0.05, 0.1) is 6.66 Å². The number of nitrogens with zero attached hydrogens (tertiary/aromatic N) is 2. The van der Waals surface area contributed by atoms with Gasteiger partial charge in [-0.15, -0.1) is 30.4 Å². The summed E-state index contributed by atoms with van der Waals surface area (Å²) >= 11 is 0. The molecule has 354 valence electrons. The number of hydrogen-bond donors (Lipinski definition) is 1. The fraction of sp³-hybridized carbons (Fsp3) is 0.500. The molecule has 3 aromatic carbocycles. The molecular formula is C50H76BrCl2KN3O6P. The number of halogens is 3. The second-order valence-electron chi connectivity index (χ2n) is 18.3. The second-order valence-corrected chi connectivity index (χ2v) is 21.9. The molecule has 2 amide bonds. The van der Waals surface area contributed by atoms with Crippen LogP contribution in [0.4, 0.5) is 9.59 Å². The molecule has 0 aromatic heterocycles. The molecule has 0 radical (unpaired) electrons. The Balaban J connectivity index is -0.000000763. The van der Waals surface area contributed by atoms with Crippen molar-refractivity contribution >= 4 is 66.0 Å². The fourth-order valence-electron chi connectivity index (χ4n) is 6.00. The molecule has 6 rings (SSSR count). The zero-order valence-corrected chi connectivity index (χ0v) is 47.8. The maximum atomic E-state index is 11.6. The molecule has 0 spiro atoms. The van der Waals surface area contributed by atoms with Gasteiger partial charge in [0.1, 0.15) is 40.2 Å². The minimum Gasteiger partial charge on any atom is -1.00 e. The largest absolute Gasteiger partial charge is 1.00 e. The van der Waals surface area contributed by atoms with E-state index in [1.807, 2.05) is 41.5 Å². The quantitative estimate of drug-likeness (QED) is 0.243. The minimum absolute atomic E-state index is 0. The van der Waals surface area contributed by atoms with Crippen LogP contribution in [-0.2, 0) is 14.3 Å². The summed E-state index contributed by atoms with van der Waals surface area (Å²) in [5.74, 6) is 0.227. The van der Waals surface area contributed by atoms with Crippen LogP contribution in [0.2, 0.25) is 0 Å². The predicted octanol–water partition coefficient (Wildman–Crippen LogP) is 3.69. The Morgan fingerprint density at radius 1 is 0.578 bits per heavy atom. The third-order valence-electron chi connectivity index (χ3n) is 9.22. The Labute approximate surface area is 452 Å². The van der Waals surface area contributed by atoms with E-state index in [-0.39, 0.29) is 111 Å². The number of carbonyl (C=O) groups excluding carboxylic acids is 3. The van der Waals surface area contributed by atoms with Crippen molar-refractivity contribution < 1.29 is 97.3 Å². The number of nitrogens with one attached hydrogen (secondary N) is 1. The Kier molecular flexibility index (Phi) is 34.4. The third-order valence-corrected chi connectivity index (χ3v) is 13.2. The number of amides is 2. The van der Waals surface area contributed by atoms with Crippen LogP contribution in [0.5, 0.6) is 0 Å². The van der Waals surface area contributed by atoms with Gasteiger partial charge in [0.15, 0.2) is 0 Å². The van der Waals surface area contributed by atoms with Gasteiger partial charge in [-0.1, -0.05) is 99.7 Å². The first-order chi connectivity index (χ1) is 28.0. The van der Waals surface area contributed by atoms with Crippen molar-refractivity contribution in [2.75, 3.05) is 45.9 Å². The summed E-state index contributed by atoms with van der Waals surface area (Å²) in [4.78, 5) is 37.4. The fourth-order valence-corrected chi connectivity index (χ4v) is 9.20. The van der Waals surface area contributed by atoms with Crippen LogP contribution >= 0.6 is 32.1 Å². The van der Waals surface area contributed by atoms with Gasteiger partial charge in [-0.3, -0.25) is 4.79 Å². The summed E-state index contributed by atoms with van der Waals surface area (Å²) in [5.41, 5.74) is 1.02. The number of carbonyl (C=O) groups is 3. The Bertz CT molecular complexity index is 1610. The first kappa shape index (κ1) is 66.7. The molecule has 0 aliphatic carbocycles. The molecule has 3 heterocycles. The summed E-state index contributed by atoms with van der Waals surface area (Å²) in [6.07, 6.45) is 4.56. The van der Waals surface area contributed by atoms with E-state index >= 15 is 0 Å². The number of rotatable bonds is 3. The topological polar surface area (TPSA) is 111 Å². The SMILES string of the molecule is C=C1CCN(C(=O)OC(C)(C)C)CC1.C=C1CCNCC1.CC(C)(C)OC(=O)N1CCC(=O)CC1.CC(C)(C)[O-].C[P+](c1ccccc1)(c1ccccc1)c1ccccc1.Cl.Cl.[Br-].[K+]. The van der Waals surface area contributed by atoms with Gasteiger partial charge < -0.3 is 46.7 Å². The maximum Gasteiger partial charge on any atom is 1.00 e. The van der Waals surface area contributed by atoms with Gasteiger partial charge in [0.25, 0.3) is 0 Å². The van der Waals surface area contributed by atoms with Crippen LogP contribution in [0, 0.1) is 0 Å². The predicted molar refractivity (Wildman–Crippen MR) is 265 cm³/mol. The number of likely N-dealkylation sites (tertiary alicyclic amines) is 2. The number of Topliss-reactive ketones (excluding diaryl/α,β-unsaturated/α-hetero) is 1. The number of benzene rings is 3. The van der Waals surface area contributed by atoms with Crippen molar-refractivity contribution in [2.45, 2.75) is 118 Å². The van der Waals surface area contributed by atoms with Crippen LogP contribution in [0.1, 0.15) is 101 Å².